The molecule has 0 aliphatic carbocycles. The first-order valence-electron chi connectivity index (χ1n) is 3.55. The second-order valence-electron chi connectivity index (χ2n) is 2.44. The maximum Gasteiger partial charge on any atom is 0.322 e. The Bertz CT molecular complexity index is 225. The smallest absolute Gasteiger partial charge is 0.322 e. The first-order chi connectivity index (χ1) is 5.95. The van der Waals surface area contributed by atoms with Gasteiger partial charge in [-0.25, -0.2) is 0 Å². The molecule has 0 heterocycles. The fourth-order valence-corrected chi connectivity index (χ4v) is 0.452. The molecule has 0 fully saturated rings. The second kappa shape index (κ2) is 5.39. The highest BCUT2D eigenvalue weighted by atomic mass is 16.5. The van der Waals surface area contributed by atoms with Crippen molar-refractivity contribution in [1.82, 2.24) is 0 Å². The van der Waals surface area contributed by atoms with Crippen LogP contribution in [0.25, 0.3) is 0 Å². The summed E-state index contributed by atoms with van der Waals surface area (Å²) in [5.74, 6) is -2.53. The molecule has 13 heavy (non-hydrogen) atoms. The van der Waals surface area contributed by atoms with Gasteiger partial charge in [-0.1, -0.05) is 0 Å². The molecule has 0 rings (SSSR count). The lowest BCUT2D eigenvalue weighted by atomic mass is 10.3. The van der Waals surface area contributed by atoms with E-state index < -0.39 is 30.2 Å². The molecule has 0 saturated heterocycles. The van der Waals surface area contributed by atoms with Crippen molar-refractivity contribution in [3.05, 3.63) is 0 Å². The van der Waals surface area contributed by atoms with Gasteiger partial charge in [-0.15, -0.1) is 0 Å². The minimum Gasteiger partial charge on any atom is -0.480 e. The number of ether oxygens (including phenoxy) is 1. The van der Waals surface area contributed by atoms with Crippen molar-refractivity contribution >= 4 is 17.5 Å². The van der Waals surface area contributed by atoms with Gasteiger partial charge in [0.1, 0.15) is 12.6 Å². The van der Waals surface area contributed by atoms with Crippen molar-refractivity contribution in [3.8, 4) is 0 Å². The van der Waals surface area contributed by atoms with E-state index in [2.05, 4.69) is 4.74 Å². The lowest BCUT2D eigenvalue weighted by Gasteiger charge is -2.05. The Morgan fingerprint density at radius 1 is 1.46 bits per heavy atom. The lowest BCUT2D eigenvalue weighted by molar-refractivity contribution is -0.142. The van der Waals surface area contributed by atoms with Gasteiger partial charge in [0.05, 0.1) is 6.61 Å². The van der Waals surface area contributed by atoms with Gasteiger partial charge in [-0.2, -0.15) is 0 Å². The standard InChI is InChI=1S/C7H11NO5/c1-4(9)6(10)3-13-2-5(8)7(11)12/h5H,2-3,8H2,1H3,(H,11,12). The number of aliphatic carboxylic acids is 1. The molecule has 3 N–H and O–H groups in total. The van der Waals surface area contributed by atoms with Crippen LogP contribution in [-0.4, -0.2) is 41.9 Å². The molecular formula is C7H11NO5. The van der Waals surface area contributed by atoms with E-state index in [-0.39, 0.29) is 6.61 Å². The Hall–Kier alpha value is -1.27. The number of carbonyl (C=O) groups excluding carboxylic acids is 2. The molecule has 0 aromatic carbocycles. The van der Waals surface area contributed by atoms with Gasteiger partial charge >= 0.3 is 5.97 Å². The minimum atomic E-state index is -1.21. The van der Waals surface area contributed by atoms with E-state index in [0.29, 0.717) is 0 Å². The summed E-state index contributed by atoms with van der Waals surface area (Å²) in [7, 11) is 0. The average molecular weight is 189 g/mol. The maximum absolute atomic E-state index is 10.6. The van der Waals surface area contributed by atoms with E-state index in [4.69, 9.17) is 10.8 Å². The molecular weight excluding hydrogens is 178 g/mol. The Morgan fingerprint density at radius 2 is 2.00 bits per heavy atom. The van der Waals surface area contributed by atoms with Crippen LogP contribution in [0.1, 0.15) is 6.92 Å². The van der Waals surface area contributed by atoms with Crippen molar-refractivity contribution in [3.63, 3.8) is 0 Å². The summed E-state index contributed by atoms with van der Waals surface area (Å²) < 4.78 is 4.60. The van der Waals surface area contributed by atoms with Gasteiger partial charge in [-0.05, 0) is 0 Å². The van der Waals surface area contributed by atoms with Crippen LogP contribution in [0.5, 0.6) is 0 Å². The monoisotopic (exact) mass is 189 g/mol. The van der Waals surface area contributed by atoms with Crippen LogP contribution < -0.4 is 5.73 Å². The fourth-order valence-electron chi connectivity index (χ4n) is 0.452. The van der Waals surface area contributed by atoms with Crippen LogP contribution in [0.3, 0.4) is 0 Å². The zero-order valence-electron chi connectivity index (χ0n) is 7.15. The molecule has 1 atom stereocenters. The molecule has 0 aliphatic rings. The zero-order chi connectivity index (χ0) is 10.4. The zero-order valence-corrected chi connectivity index (χ0v) is 7.15. The highest BCUT2D eigenvalue weighted by Crippen LogP contribution is 1.84. The number of hydrogen-bond donors (Lipinski definition) is 2. The number of carboxylic acids is 1. The highest BCUT2D eigenvalue weighted by molar-refractivity contribution is 6.36. The van der Waals surface area contributed by atoms with E-state index in [9.17, 15) is 14.4 Å². The molecule has 0 amide bonds. The van der Waals surface area contributed by atoms with E-state index in [1.165, 1.54) is 0 Å². The summed E-state index contributed by atoms with van der Waals surface area (Å²) in [6.45, 7) is 0.410. The second-order valence-corrected chi connectivity index (χ2v) is 2.44. The van der Waals surface area contributed by atoms with Gasteiger partial charge in [0.2, 0.25) is 5.78 Å². The molecule has 74 valence electrons. The summed E-state index contributed by atoms with van der Waals surface area (Å²) in [6.07, 6.45) is 0. The topological polar surface area (TPSA) is 107 Å². The van der Waals surface area contributed by atoms with Gasteiger partial charge < -0.3 is 15.6 Å². The third-order valence-electron chi connectivity index (χ3n) is 1.24. The normalized spacial score (nSPS) is 12.2. The van der Waals surface area contributed by atoms with Crippen LogP contribution in [0.2, 0.25) is 0 Å². The largest absolute Gasteiger partial charge is 0.480 e. The molecule has 0 saturated carbocycles. The number of ketones is 2. The summed E-state index contributed by atoms with van der Waals surface area (Å²) in [4.78, 5) is 31.2. The Labute approximate surface area is 74.7 Å². The predicted molar refractivity (Wildman–Crippen MR) is 42.1 cm³/mol. The SMILES string of the molecule is CC(=O)C(=O)COCC(N)C(=O)O. The quantitative estimate of drug-likeness (QED) is 0.496. The summed E-state index contributed by atoms with van der Waals surface area (Å²) in [5.41, 5.74) is 5.06. The van der Waals surface area contributed by atoms with E-state index in [0.717, 1.165) is 6.92 Å². The number of Topliss-reactive ketones (excluding diaryl/α,β-unsaturated/α-hetero) is 2. The van der Waals surface area contributed by atoms with Crippen LogP contribution in [0.4, 0.5) is 0 Å². The average Bonchev–Trinajstić information content (AvgIpc) is 2.03. The third-order valence-corrected chi connectivity index (χ3v) is 1.24. The number of carboxylic acid groups (broad SMARTS) is 1. The molecule has 6 heteroatoms. The first kappa shape index (κ1) is 11.7. The van der Waals surface area contributed by atoms with E-state index in [1.807, 2.05) is 0 Å². The molecule has 0 bridgehead atoms. The van der Waals surface area contributed by atoms with Crippen molar-refractivity contribution in [2.45, 2.75) is 13.0 Å². The van der Waals surface area contributed by atoms with E-state index in [1.54, 1.807) is 0 Å². The third kappa shape index (κ3) is 5.05. The van der Waals surface area contributed by atoms with Gasteiger partial charge in [0.25, 0.3) is 0 Å². The number of nitrogens with two attached hydrogens (primary N) is 1. The predicted octanol–water partition coefficient (Wildman–Crippen LogP) is -1.43. The van der Waals surface area contributed by atoms with Crippen LogP contribution in [-0.2, 0) is 19.1 Å². The fraction of sp³-hybridized carbons (Fsp3) is 0.571. The summed E-state index contributed by atoms with van der Waals surface area (Å²) in [5, 5.41) is 8.30. The molecule has 1 unspecified atom stereocenters. The van der Waals surface area contributed by atoms with Crippen molar-refractivity contribution in [2.24, 2.45) is 5.73 Å². The van der Waals surface area contributed by atoms with Gasteiger partial charge in [0.15, 0.2) is 5.78 Å². The van der Waals surface area contributed by atoms with Gasteiger partial charge in [0, 0.05) is 6.92 Å². The highest BCUT2D eigenvalue weighted by Gasteiger charge is 2.13. The van der Waals surface area contributed by atoms with Crippen LogP contribution in [0.15, 0.2) is 0 Å². The van der Waals surface area contributed by atoms with Crippen LogP contribution in [0, 0.1) is 0 Å². The number of rotatable bonds is 6. The van der Waals surface area contributed by atoms with Crippen molar-refractivity contribution in [2.75, 3.05) is 13.2 Å². The van der Waals surface area contributed by atoms with Crippen molar-refractivity contribution < 1.29 is 24.2 Å². The van der Waals surface area contributed by atoms with Crippen molar-refractivity contribution in [1.29, 1.82) is 0 Å². The minimum absolute atomic E-state index is 0.283. The Kier molecular flexibility index (Phi) is 4.86. The molecule has 0 aromatic heterocycles. The molecule has 0 aromatic rings. The molecule has 6 nitrogen and oxygen atoms in total. The maximum atomic E-state index is 10.6. The first-order valence-corrected chi connectivity index (χ1v) is 3.55. The molecule has 0 radical (unpaired) electrons. The Balaban J connectivity index is 3.62. The van der Waals surface area contributed by atoms with E-state index >= 15 is 0 Å². The number of hydrogen-bond acceptors (Lipinski definition) is 5. The molecule has 0 aliphatic heterocycles. The summed E-state index contributed by atoms with van der Waals surface area (Å²) >= 11 is 0. The summed E-state index contributed by atoms with van der Waals surface area (Å²) in [6, 6.07) is -1.17. The molecule has 0 spiro atoms. The lowest BCUT2D eigenvalue weighted by Crippen LogP contribution is -2.35. The Morgan fingerprint density at radius 3 is 2.38 bits per heavy atom. The van der Waals surface area contributed by atoms with Crippen LogP contribution >= 0.6 is 0 Å². The van der Waals surface area contributed by atoms with Gasteiger partial charge in [-0.3, -0.25) is 14.4 Å². The number of carbonyl (C=O) groups is 3.